The van der Waals surface area contributed by atoms with Gasteiger partial charge in [0, 0.05) is 12.3 Å². The van der Waals surface area contributed by atoms with Crippen molar-refractivity contribution in [3.8, 4) is 0 Å². The first kappa shape index (κ1) is 6.16. The number of pyridine rings is 1. The van der Waals surface area contributed by atoms with E-state index in [0.29, 0.717) is 10.7 Å². The molecule has 48 valence electrons. The maximum absolute atomic E-state index is 10.4. The van der Waals surface area contributed by atoms with Crippen LogP contribution in [0.2, 0.25) is 5.02 Å². The Morgan fingerprint density at radius 2 is 2.33 bits per heavy atom. The van der Waals surface area contributed by atoms with Gasteiger partial charge in [0.2, 0.25) is 5.56 Å². The number of H-pyrrole nitrogens is 1. The van der Waals surface area contributed by atoms with Crippen LogP contribution >= 0.6 is 11.6 Å². The third-order valence-electron chi connectivity index (χ3n) is 0.904. The summed E-state index contributed by atoms with van der Waals surface area (Å²) >= 11 is 5.47. The second kappa shape index (κ2) is 2.11. The zero-order chi connectivity index (χ0) is 6.85. The topological polar surface area (TPSA) is 58.9 Å². The summed E-state index contributed by atoms with van der Waals surface area (Å²) in [6, 6.07) is 1.23. The monoisotopic (exact) mass is 144 g/mol. The highest BCUT2D eigenvalue weighted by Gasteiger charge is 1.92. The Morgan fingerprint density at radius 3 is 2.78 bits per heavy atom. The molecule has 0 saturated carbocycles. The van der Waals surface area contributed by atoms with E-state index in [1.165, 1.54) is 12.3 Å². The lowest BCUT2D eigenvalue weighted by Gasteiger charge is -1.91. The molecule has 9 heavy (non-hydrogen) atoms. The zero-order valence-electron chi connectivity index (χ0n) is 4.52. The fourth-order valence-electron chi connectivity index (χ4n) is 0.458. The largest absolute Gasteiger partial charge is 0.396 e. The normalized spacial score (nSPS) is 9.44. The summed E-state index contributed by atoms with van der Waals surface area (Å²) in [5, 5.41) is 0.291. The van der Waals surface area contributed by atoms with Gasteiger partial charge in [-0.2, -0.15) is 0 Å². The van der Waals surface area contributed by atoms with Gasteiger partial charge in [-0.15, -0.1) is 0 Å². The van der Waals surface area contributed by atoms with Gasteiger partial charge in [0.1, 0.15) is 0 Å². The van der Waals surface area contributed by atoms with Gasteiger partial charge >= 0.3 is 0 Å². The van der Waals surface area contributed by atoms with E-state index in [1.807, 2.05) is 0 Å². The molecule has 0 aromatic carbocycles. The van der Waals surface area contributed by atoms with E-state index in [4.69, 9.17) is 17.3 Å². The Balaban J connectivity index is 3.34. The van der Waals surface area contributed by atoms with E-state index in [0.717, 1.165) is 0 Å². The number of anilines is 1. The molecular formula is C5H5ClN2O. The van der Waals surface area contributed by atoms with Crippen LogP contribution in [0.3, 0.4) is 0 Å². The molecule has 0 amide bonds. The van der Waals surface area contributed by atoms with Crippen molar-refractivity contribution in [1.29, 1.82) is 0 Å². The molecule has 1 heterocycles. The lowest BCUT2D eigenvalue weighted by molar-refractivity contribution is 1.24. The summed E-state index contributed by atoms with van der Waals surface area (Å²) in [5.41, 5.74) is 5.43. The van der Waals surface area contributed by atoms with Crippen LogP contribution in [-0.4, -0.2) is 4.98 Å². The number of nitrogens with one attached hydrogen (secondary N) is 1. The van der Waals surface area contributed by atoms with E-state index in [1.54, 1.807) is 0 Å². The molecule has 1 aromatic rings. The summed E-state index contributed by atoms with van der Waals surface area (Å²) in [6.07, 6.45) is 1.37. The second-order valence-electron chi connectivity index (χ2n) is 1.60. The molecule has 0 radical (unpaired) electrons. The van der Waals surface area contributed by atoms with Gasteiger partial charge in [-0.3, -0.25) is 4.79 Å². The quantitative estimate of drug-likeness (QED) is 0.561. The molecule has 0 saturated heterocycles. The van der Waals surface area contributed by atoms with Crippen molar-refractivity contribution >= 4 is 17.3 Å². The average Bonchev–Trinajstić information content (AvgIpc) is 1.80. The van der Waals surface area contributed by atoms with Gasteiger partial charge in [0.05, 0.1) is 10.7 Å². The average molecular weight is 145 g/mol. The fourth-order valence-corrected chi connectivity index (χ4v) is 0.612. The van der Waals surface area contributed by atoms with Crippen LogP contribution in [-0.2, 0) is 0 Å². The van der Waals surface area contributed by atoms with Gasteiger partial charge in [-0.1, -0.05) is 11.6 Å². The number of nitrogen functional groups attached to an aromatic ring is 1. The summed E-state index contributed by atoms with van der Waals surface area (Å²) < 4.78 is 0. The highest BCUT2D eigenvalue weighted by molar-refractivity contribution is 6.32. The van der Waals surface area contributed by atoms with Gasteiger partial charge in [0.25, 0.3) is 0 Å². The summed E-state index contributed by atoms with van der Waals surface area (Å²) in [7, 11) is 0. The molecule has 0 aliphatic carbocycles. The van der Waals surface area contributed by atoms with Crippen molar-refractivity contribution < 1.29 is 0 Å². The fraction of sp³-hybridized carbons (Fsp3) is 0. The molecule has 0 unspecified atom stereocenters. The van der Waals surface area contributed by atoms with E-state index in [2.05, 4.69) is 4.98 Å². The second-order valence-corrected chi connectivity index (χ2v) is 2.01. The van der Waals surface area contributed by atoms with Gasteiger partial charge in [-0.05, 0) is 0 Å². The van der Waals surface area contributed by atoms with Crippen molar-refractivity contribution in [3.05, 3.63) is 27.6 Å². The molecule has 0 fully saturated rings. The smallest absolute Gasteiger partial charge is 0.249 e. The number of rotatable bonds is 0. The Morgan fingerprint density at radius 1 is 1.67 bits per heavy atom. The van der Waals surface area contributed by atoms with Gasteiger partial charge in [0.15, 0.2) is 0 Å². The molecule has 4 heteroatoms. The van der Waals surface area contributed by atoms with E-state index in [-0.39, 0.29) is 5.56 Å². The number of halogens is 1. The van der Waals surface area contributed by atoms with Crippen molar-refractivity contribution in [2.24, 2.45) is 0 Å². The molecule has 0 spiro atoms. The Kier molecular flexibility index (Phi) is 1.44. The molecule has 3 nitrogen and oxygen atoms in total. The number of nitrogens with two attached hydrogens (primary N) is 1. The standard InChI is InChI=1S/C5H5ClN2O/c6-3-1-5(9)8-2-4(3)7/h1-2H,7H2,(H,8,9). The number of aromatic nitrogens is 1. The Hall–Kier alpha value is -0.960. The SMILES string of the molecule is Nc1c[nH]c(=O)cc1Cl. The van der Waals surface area contributed by atoms with Crippen molar-refractivity contribution in [3.63, 3.8) is 0 Å². The zero-order valence-corrected chi connectivity index (χ0v) is 5.27. The maximum Gasteiger partial charge on any atom is 0.249 e. The van der Waals surface area contributed by atoms with E-state index >= 15 is 0 Å². The van der Waals surface area contributed by atoms with Gasteiger partial charge in [-0.25, -0.2) is 0 Å². The number of hydrogen-bond donors (Lipinski definition) is 2. The molecule has 0 bridgehead atoms. The van der Waals surface area contributed by atoms with Crippen LogP contribution < -0.4 is 11.3 Å². The molecule has 0 atom stereocenters. The molecular weight excluding hydrogens is 140 g/mol. The minimum Gasteiger partial charge on any atom is -0.396 e. The van der Waals surface area contributed by atoms with Crippen molar-refractivity contribution in [2.45, 2.75) is 0 Å². The van der Waals surface area contributed by atoms with E-state index in [9.17, 15) is 4.79 Å². The maximum atomic E-state index is 10.4. The van der Waals surface area contributed by atoms with Crippen LogP contribution in [0, 0.1) is 0 Å². The summed E-state index contributed by atoms with van der Waals surface area (Å²) in [5.74, 6) is 0. The summed E-state index contributed by atoms with van der Waals surface area (Å²) in [4.78, 5) is 12.8. The predicted molar refractivity (Wildman–Crippen MR) is 36.5 cm³/mol. The highest BCUT2D eigenvalue weighted by atomic mass is 35.5. The van der Waals surface area contributed by atoms with Crippen LogP contribution in [0.4, 0.5) is 5.69 Å². The highest BCUT2D eigenvalue weighted by Crippen LogP contribution is 2.11. The molecule has 3 N–H and O–H groups in total. The van der Waals surface area contributed by atoms with Crippen molar-refractivity contribution in [1.82, 2.24) is 4.98 Å². The van der Waals surface area contributed by atoms with Crippen LogP contribution in [0.15, 0.2) is 17.1 Å². The van der Waals surface area contributed by atoms with Gasteiger partial charge < -0.3 is 10.7 Å². The lowest BCUT2D eigenvalue weighted by Crippen LogP contribution is -2.03. The third-order valence-corrected chi connectivity index (χ3v) is 1.23. The molecule has 1 aromatic heterocycles. The number of aromatic amines is 1. The van der Waals surface area contributed by atoms with Crippen LogP contribution in [0.25, 0.3) is 0 Å². The van der Waals surface area contributed by atoms with E-state index < -0.39 is 0 Å². The molecule has 0 aliphatic rings. The first-order valence-corrected chi connectivity index (χ1v) is 2.71. The van der Waals surface area contributed by atoms with Crippen LogP contribution in [0.1, 0.15) is 0 Å². The first-order chi connectivity index (χ1) is 4.20. The predicted octanol–water partition coefficient (Wildman–Crippen LogP) is 0.611. The third kappa shape index (κ3) is 1.23. The minimum absolute atomic E-state index is 0.241. The first-order valence-electron chi connectivity index (χ1n) is 2.34. The minimum atomic E-state index is -0.241. The Labute approximate surface area is 56.5 Å². The Bertz CT molecular complexity index is 268. The summed E-state index contributed by atoms with van der Waals surface area (Å²) in [6.45, 7) is 0. The molecule has 1 rings (SSSR count). The van der Waals surface area contributed by atoms with Crippen LogP contribution in [0.5, 0.6) is 0 Å². The number of hydrogen-bond acceptors (Lipinski definition) is 2. The van der Waals surface area contributed by atoms with Crippen molar-refractivity contribution in [2.75, 3.05) is 5.73 Å². The molecule has 0 aliphatic heterocycles. The lowest BCUT2D eigenvalue weighted by atomic mass is 10.4.